The lowest BCUT2D eigenvalue weighted by atomic mass is 10.2. The highest BCUT2D eigenvalue weighted by Gasteiger charge is 2.21. The molecule has 1 rings (SSSR count). The van der Waals surface area contributed by atoms with Gasteiger partial charge in [-0.3, -0.25) is 14.4 Å². The van der Waals surface area contributed by atoms with Gasteiger partial charge in [-0.1, -0.05) is 12.1 Å². The predicted molar refractivity (Wildman–Crippen MR) is 96.8 cm³/mol. The highest BCUT2D eigenvalue weighted by molar-refractivity contribution is 8.00. The zero-order valence-electron chi connectivity index (χ0n) is 15.2. The first-order valence-electron chi connectivity index (χ1n) is 7.97. The molecular weight excluding hydrogens is 342 g/mol. The monoisotopic (exact) mass is 367 g/mol. The van der Waals surface area contributed by atoms with E-state index in [4.69, 9.17) is 9.84 Å². The molecule has 1 aromatic carbocycles. The Balaban J connectivity index is 2.76. The zero-order valence-corrected chi connectivity index (χ0v) is 16.1. The Morgan fingerprint density at radius 2 is 1.84 bits per heavy atom. The number of hydrogen-bond acceptors (Lipinski definition) is 5. The molecule has 1 amide bonds. The van der Waals surface area contributed by atoms with Crippen LogP contribution in [0.3, 0.4) is 0 Å². The number of amides is 1. The molecular formula is C18H25NO5S. The lowest BCUT2D eigenvalue weighted by Crippen LogP contribution is -2.31. The molecule has 1 unspecified atom stereocenters. The van der Waals surface area contributed by atoms with Crippen molar-refractivity contribution in [3.63, 3.8) is 0 Å². The summed E-state index contributed by atoms with van der Waals surface area (Å²) in [7, 11) is 1.61. The van der Waals surface area contributed by atoms with Crippen molar-refractivity contribution in [2.75, 3.05) is 13.6 Å². The highest BCUT2D eigenvalue weighted by Crippen LogP contribution is 2.27. The maximum atomic E-state index is 12.6. The van der Waals surface area contributed by atoms with Crippen LogP contribution in [-0.4, -0.2) is 52.3 Å². The van der Waals surface area contributed by atoms with E-state index in [-0.39, 0.29) is 24.8 Å². The number of carbonyl (C=O) groups is 3. The van der Waals surface area contributed by atoms with E-state index in [0.717, 1.165) is 11.8 Å². The van der Waals surface area contributed by atoms with Crippen LogP contribution < -0.4 is 0 Å². The molecule has 6 nitrogen and oxygen atoms in total. The van der Waals surface area contributed by atoms with E-state index in [1.54, 1.807) is 59.0 Å². The van der Waals surface area contributed by atoms with Crippen molar-refractivity contribution < 1.29 is 24.2 Å². The Morgan fingerprint density at radius 3 is 2.40 bits per heavy atom. The Bertz CT molecular complexity index is 639. The van der Waals surface area contributed by atoms with E-state index in [2.05, 4.69) is 0 Å². The number of carbonyl (C=O) groups excluding carboxylic acids is 2. The summed E-state index contributed by atoms with van der Waals surface area (Å²) in [5, 5.41) is 8.39. The van der Waals surface area contributed by atoms with Gasteiger partial charge in [0.2, 0.25) is 0 Å². The molecule has 0 aliphatic carbocycles. The maximum Gasteiger partial charge on any atom is 0.316 e. The number of benzene rings is 1. The van der Waals surface area contributed by atoms with Crippen molar-refractivity contribution in [3.05, 3.63) is 29.8 Å². The first-order valence-corrected chi connectivity index (χ1v) is 8.85. The molecule has 0 heterocycles. The molecule has 0 bridgehead atoms. The van der Waals surface area contributed by atoms with Gasteiger partial charge >= 0.3 is 11.9 Å². The molecule has 0 saturated heterocycles. The predicted octanol–water partition coefficient (Wildman–Crippen LogP) is 3.06. The number of nitrogens with zero attached hydrogens (tertiary/aromatic N) is 1. The van der Waals surface area contributed by atoms with E-state index in [1.807, 2.05) is 0 Å². The van der Waals surface area contributed by atoms with Gasteiger partial charge in [0.05, 0.1) is 12.0 Å². The maximum absolute atomic E-state index is 12.6. The van der Waals surface area contributed by atoms with Crippen molar-refractivity contribution in [3.8, 4) is 0 Å². The van der Waals surface area contributed by atoms with E-state index in [9.17, 15) is 14.4 Å². The van der Waals surface area contributed by atoms with Gasteiger partial charge in [0.15, 0.2) is 0 Å². The molecule has 0 aliphatic rings. The van der Waals surface area contributed by atoms with Gasteiger partial charge in [0.1, 0.15) is 10.9 Å². The van der Waals surface area contributed by atoms with Gasteiger partial charge < -0.3 is 14.7 Å². The van der Waals surface area contributed by atoms with E-state index in [0.29, 0.717) is 10.5 Å². The number of aliphatic carboxylic acids is 1. The van der Waals surface area contributed by atoms with Crippen molar-refractivity contribution in [1.29, 1.82) is 0 Å². The fourth-order valence-corrected chi connectivity index (χ4v) is 2.87. The lowest BCUT2D eigenvalue weighted by Gasteiger charge is -2.22. The minimum atomic E-state index is -0.939. The van der Waals surface area contributed by atoms with Crippen LogP contribution in [0.25, 0.3) is 0 Å². The van der Waals surface area contributed by atoms with Crippen LogP contribution in [0.15, 0.2) is 29.2 Å². The summed E-state index contributed by atoms with van der Waals surface area (Å²) in [6, 6.07) is 6.86. The fourth-order valence-electron chi connectivity index (χ4n) is 1.95. The van der Waals surface area contributed by atoms with Gasteiger partial charge in [-0.05, 0) is 39.8 Å². The number of ether oxygens (including phenoxy) is 1. The number of hydrogen-bond donors (Lipinski definition) is 1. The van der Waals surface area contributed by atoms with Gasteiger partial charge in [-0.2, -0.15) is 0 Å². The SMILES string of the molecule is CC(Sc1ccccc1C(=O)N(C)CCC(=O)OC(C)(C)C)C(=O)O. The quantitative estimate of drug-likeness (QED) is 0.589. The Kier molecular flexibility index (Phi) is 7.48. The summed E-state index contributed by atoms with van der Waals surface area (Å²) in [6.07, 6.45) is 0.0976. The van der Waals surface area contributed by atoms with Crippen LogP contribution in [0.2, 0.25) is 0 Å². The molecule has 138 valence electrons. The molecule has 0 fully saturated rings. The number of esters is 1. The summed E-state index contributed by atoms with van der Waals surface area (Å²) in [4.78, 5) is 37.5. The molecule has 0 spiro atoms. The summed E-state index contributed by atoms with van der Waals surface area (Å²) in [5.74, 6) is -1.57. The lowest BCUT2D eigenvalue weighted by molar-refractivity contribution is -0.155. The second-order valence-corrected chi connectivity index (χ2v) is 8.04. The smallest absolute Gasteiger partial charge is 0.316 e. The minimum absolute atomic E-state index is 0.0976. The van der Waals surface area contributed by atoms with Crippen LogP contribution in [0.1, 0.15) is 44.5 Å². The van der Waals surface area contributed by atoms with Crippen LogP contribution in [0, 0.1) is 0 Å². The van der Waals surface area contributed by atoms with Crippen LogP contribution in [-0.2, 0) is 14.3 Å². The standard InChI is InChI=1S/C18H25NO5S/c1-12(17(22)23)25-14-9-7-6-8-13(14)16(21)19(5)11-10-15(20)24-18(2,3)4/h6-9,12H,10-11H2,1-5H3,(H,22,23). The first kappa shape index (κ1) is 21.0. The molecule has 7 heteroatoms. The van der Waals surface area contributed by atoms with Crippen molar-refractivity contribution in [2.45, 2.75) is 49.9 Å². The number of rotatable bonds is 7. The third kappa shape index (κ3) is 7.17. The summed E-state index contributed by atoms with van der Waals surface area (Å²) in [5.41, 5.74) is -0.136. The van der Waals surface area contributed by atoms with Gasteiger partial charge in [-0.15, -0.1) is 11.8 Å². The van der Waals surface area contributed by atoms with E-state index < -0.39 is 16.8 Å². The average molecular weight is 367 g/mol. The Hall–Kier alpha value is -2.02. The molecule has 0 saturated carbocycles. The third-order valence-corrected chi connectivity index (χ3v) is 4.35. The Morgan fingerprint density at radius 1 is 1.24 bits per heavy atom. The normalized spacial score (nSPS) is 12.4. The second-order valence-electron chi connectivity index (χ2n) is 6.66. The van der Waals surface area contributed by atoms with Gasteiger partial charge in [-0.25, -0.2) is 0 Å². The summed E-state index contributed by atoms with van der Waals surface area (Å²) in [6.45, 7) is 7.16. The molecule has 0 aliphatic heterocycles. The molecule has 25 heavy (non-hydrogen) atoms. The molecule has 1 aromatic rings. The first-order chi connectivity index (χ1) is 11.5. The summed E-state index contributed by atoms with van der Waals surface area (Å²) >= 11 is 1.12. The molecule has 1 atom stereocenters. The van der Waals surface area contributed by atoms with Crippen LogP contribution >= 0.6 is 11.8 Å². The molecule has 0 aromatic heterocycles. The molecule has 0 radical (unpaired) electrons. The second kappa shape index (κ2) is 8.89. The van der Waals surface area contributed by atoms with E-state index in [1.165, 1.54) is 4.90 Å². The third-order valence-electron chi connectivity index (χ3n) is 3.19. The largest absolute Gasteiger partial charge is 0.480 e. The average Bonchev–Trinajstić information content (AvgIpc) is 2.50. The minimum Gasteiger partial charge on any atom is -0.480 e. The number of thioether (sulfide) groups is 1. The zero-order chi connectivity index (χ0) is 19.2. The summed E-state index contributed by atoms with van der Waals surface area (Å²) < 4.78 is 5.23. The Labute approximate surface area is 152 Å². The van der Waals surface area contributed by atoms with Gasteiger partial charge in [0, 0.05) is 18.5 Å². The van der Waals surface area contributed by atoms with Crippen LogP contribution in [0.4, 0.5) is 0 Å². The molecule has 1 N–H and O–H groups in total. The van der Waals surface area contributed by atoms with E-state index >= 15 is 0 Å². The van der Waals surface area contributed by atoms with Crippen molar-refractivity contribution in [2.24, 2.45) is 0 Å². The van der Waals surface area contributed by atoms with Crippen molar-refractivity contribution >= 4 is 29.6 Å². The van der Waals surface area contributed by atoms with Gasteiger partial charge in [0.25, 0.3) is 5.91 Å². The number of carboxylic acid groups (broad SMARTS) is 1. The van der Waals surface area contributed by atoms with Crippen LogP contribution in [0.5, 0.6) is 0 Å². The number of carboxylic acids is 1. The topological polar surface area (TPSA) is 83.9 Å². The van der Waals surface area contributed by atoms with Crippen molar-refractivity contribution in [1.82, 2.24) is 4.90 Å². The fraction of sp³-hybridized carbons (Fsp3) is 0.500. The highest BCUT2D eigenvalue weighted by atomic mass is 32.2.